The van der Waals surface area contributed by atoms with E-state index in [1.54, 1.807) is 24.3 Å². The summed E-state index contributed by atoms with van der Waals surface area (Å²) in [5.41, 5.74) is 6.20. The Morgan fingerprint density at radius 1 is 1.08 bits per heavy atom. The zero-order valence-electron chi connectivity index (χ0n) is 13.8. The van der Waals surface area contributed by atoms with Gasteiger partial charge in [-0.05, 0) is 42.0 Å². The van der Waals surface area contributed by atoms with E-state index in [9.17, 15) is 14.7 Å². The third kappa shape index (κ3) is 4.51. The molecule has 2 amide bonds. The number of amides is 2. The monoisotopic (exact) mass is 342 g/mol. The fraction of sp³-hybridized carbons (Fsp3) is 0.111. The molecule has 0 unspecified atom stereocenters. The van der Waals surface area contributed by atoms with Crippen molar-refractivity contribution in [3.05, 3.63) is 53.6 Å². The van der Waals surface area contributed by atoms with Crippen LogP contribution in [0.15, 0.2) is 42.5 Å². The fourth-order valence-corrected chi connectivity index (χ4v) is 2.15. The molecule has 0 aliphatic carbocycles. The lowest BCUT2D eigenvalue weighted by Crippen LogP contribution is -2.16. The van der Waals surface area contributed by atoms with Crippen LogP contribution in [-0.2, 0) is 4.79 Å². The molecule has 7 nitrogen and oxygen atoms in total. The Hall–Kier alpha value is -3.48. The number of primary amides is 1. The summed E-state index contributed by atoms with van der Waals surface area (Å²) in [5, 5.41) is 12.0. The van der Waals surface area contributed by atoms with Crippen LogP contribution in [0.4, 0.5) is 5.69 Å². The first kappa shape index (κ1) is 17.9. The first-order chi connectivity index (χ1) is 11.9. The van der Waals surface area contributed by atoms with Crippen LogP contribution in [0.25, 0.3) is 6.08 Å². The fourth-order valence-electron chi connectivity index (χ4n) is 2.15. The minimum atomic E-state index is -0.755. The number of nitrogens with two attached hydrogens (primary N) is 1. The molecule has 25 heavy (non-hydrogen) atoms. The lowest BCUT2D eigenvalue weighted by Gasteiger charge is -2.08. The summed E-state index contributed by atoms with van der Waals surface area (Å²) < 4.78 is 10.3. The Balaban J connectivity index is 2.15. The number of nitrogens with one attached hydrogen (secondary N) is 1. The van der Waals surface area contributed by atoms with E-state index in [1.807, 2.05) is 0 Å². The average Bonchev–Trinajstić information content (AvgIpc) is 2.61. The highest BCUT2D eigenvalue weighted by Gasteiger charge is 2.11. The van der Waals surface area contributed by atoms with Crippen LogP contribution in [-0.4, -0.2) is 31.1 Å². The van der Waals surface area contributed by atoms with Crippen molar-refractivity contribution in [3.63, 3.8) is 0 Å². The van der Waals surface area contributed by atoms with Gasteiger partial charge in [0.25, 0.3) is 5.91 Å². The molecule has 2 aromatic carbocycles. The minimum absolute atomic E-state index is 0.0212. The molecule has 0 heterocycles. The summed E-state index contributed by atoms with van der Waals surface area (Å²) in [6.07, 6.45) is 2.89. The van der Waals surface area contributed by atoms with Crippen LogP contribution in [0, 0.1) is 0 Å². The van der Waals surface area contributed by atoms with Crippen molar-refractivity contribution in [3.8, 4) is 17.2 Å². The van der Waals surface area contributed by atoms with Gasteiger partial charge < -0.3 is 25.6 Å². The number of benzene rings is 2. The van der Waals surface area contributed by atoms with Crippen molar-refractivity contribution in [2.75, 3.05) is 19.5 Å². The molecule has 0 spiro atoms. The third-order valence-corrected chi connectivity index (χ3v) is 3.36. The minimum Gasteiger partial charge on any atom is -0.508 e. The molecule has 7 heteroatoms. The van der Waals surface area contributed by atoms with E-state index in [4.69, 9.17) is 15.2 Å². The lowest BCUT2D eigenvalue weighted by molar-refractivity contribution is -0.111. The molecule has 4 N–H and O–H groups in total. The van der Waals surface area contributed by atoms with Gasteiger partial charge in [0.1, 0.15) is 5.75 Å². The zero-order valence-corrected chi connectivity index (χ0v) is 13.8. The summed E-state index contributed by atoms with van der Waals surface area (Å²) in [7, 11) is 3.06. The summed E-state index contributed by atoms with van der Waals surface area (Å²) in [6, 6.07) is 9.15. The normalized spacial score (nSPS) is 10.5. The Kier molecular flexibility index (Phi) is 5.62. The van der Waals surface area contributed by atoms with E-state index < -0.39 is 11.8 Å². The Morgan fingerprint density at radius 3 is 2.44 bits per heavy atom. The molecule has 0 aliphatic heterocycles. The molecule has 0 saturated carbocycles. The van der Waals surface area contributed by atoms with Crippen molar-refractivity contribution >= 4 is 23.6 Å². The van der Waals surface area contributed by atoms with Gasteiger partial charge in [-0.1, -0.05) is 6.07 Å². The molecule has 0 aromatic heterocycles. The van der Waals surface area contributed by atoms with Crippen molar-refractivity contribution in [2.45, 2.75) is 0 Å². The van der Waals surface area contributed by atoms with Gasteiger partial charge >= 0.3 is 0 Å². The Morgan fingerprint density at radius 2 is 1.80 bits per heavy atom. The number of aromatic hydroxyl groups is 1. The van der Waals surface area contributed by atoms with E-state index in [2.05, 4.69) is 5.32 Å². The quantitative estimate of drug-likeness (QED) is 0.550. The van der Waals surface area contributed by atoms with Crippen LogP contribution >= 0.6 is 0 Å². The van der Waals surface area contributed by atoms with Gasteiger partial charge in [-0.3, -0.25) is 9.59 Å². The number of carbonyl (C=O) groups excluding carboxylic acids is 2. The predicted octanol–water partition coefficient (Wildman–Crippen LogP) is 2.16. The molecule has 0 saturated heterocycles. The highest BCUT2D eigenvalue weighted by atomic mass is 16.5. The molecule has 130 valence electrons. The van der Waals surface area contributed by atoms with Gasteiger partial charge in [0.05, 0.1) is 25.5 Å². The van der Waals surface area contributed by atoms with Crippen LogP contribution in [0.5, 0.6) is 17.2 Å². The highest BCUT2D eigenvalue weighted by molar-refractivity contribution is 6.07. The van der Waals surface area contributed by atoms with Crippen LogP contribution in [0.2, 0.25) is 0 Å². The van der Waals surface area contributed by atoms with E-state index in [0.717, 1.165) is 5.56 Å². The summed E-state index contributed by atoms with van der Waals surface area (Å²) in [4.78, 5) is 23.4. The molecule has 0 bridgehead atoms. The Bertz CT molecular complexity index is 830. The summed E-state index contributed by atoms with van der Waals surface area (Å²) in [6.45, 7) is 0. The number of phenolic OH excluding ortho intramolecular Hbond substituents is 1. The molecular weight excluding hydrogens is 324 g/mol. The van der Waals surface area contributed by atoms with E-state index in [-0.39, 0.29) is 17.0 Å². The molecule has 0 aliphatic rings. The maximum Gasteiger partial charge on any atom is 0.250 e. The van der Waals surface area contributed by atoms with Gasteiger partial charge in [-0.25, -0.2) is 0 Å². The second-order valence-corrected chi connectivity index (χ2v) is 5.03. The number of hydrogen-bond donors (Lipinski definition) is 3. The first-order valence-electron chi connectivity index (χ1n) is 7.28. The topological polar surface area (TPSA) is 111 Å². The highest BCUT2D eigenvalue weighted by Crippen LogP contribution is 2.28. The first-order valence-corrected chi connectivity index (χ1v) is 7.28. The molecule has 0 atom stereocenters. The van der Waals surface area contributed by atoms with E-state index >= 15 is 0 Å². The van der Waals surface area contributed by atoms with Gasteiger partial charge in [-0.2, -0.15) is 0 Å². The number of methoxy groups -OCH3 is 2. The van der Waals surface area contributed by atoms with Crippen LogP contribution < -0.4 is 20.5 Å². The van der Waals surface area contributed by atoms with Crippen LogP contribution in [0.3, 0.4) is 0 Å². The van der Waals surface area contributed by atoms with Crippen LogP contribution in [0.1, 0.15) is 15.9 Å². The summed E-state index contributed by atoms with van der Waals surface area (Å²) >= 11 is 0. The van der Waals surface area contributed by atoms with Gasteiger partial charge in [0, 0.05) is 6.08 Å². The zero-order chi connectivity index (χ0) is 18.4. The third-order valence-electron chi connectivity index (χ3n) is 3.36. The van der Waals surface area contributed by atoms with E-state index in [0.29, 0.717) is 11.5 Å². The second-order valence-electron chi connectivity index (χ2n) is 5.03. The number of ether oxygens (including phenoxy) is 2. The number of rotatable bonds is 6. The maximum atomic E-state index is 12.1. The van der Waals surface area contributed by atoms with Crippen molar-refractivity contribution < 1.29 is 24.2 Å². The molecule has 0 radical (unpaired) electrons. The number of phenols is 1. The molecule has 2 aromatic rings. The molecule has 0 fully saturated rings. The standard InChI is InChI=1S/C18H18N2O5/c1-24-15-7-3-11(9-16(15)25-2)4-8-17(22)20-14-6-5-12(21)10-13(14)18(19)23/h3-10,21H,1-2H3,(H2,19,23)(H,20,22)/b8-4+. The number of hydrogen-bond acceptors (Lipinski definition) is 5. The Labute approximate surface area is 144 Å². The van der Waals surface area contributed by atoms with Gasteiger partial charge in [0.2, 0.25) is 5.91 Å². The maximum absolute atomic E-state index is 12.1. The van der Waals surface area contributed by atoms with Crippen molar-refractivity contribution in [2.24, 2.45) is 5.73 Å². The second kappa shape index (κ2) is 7.87. The molecule has 2 rings (SSSR count). The van der Waals surface area contributed by atoms with Crippen molar-refractivity contribution in [1.29, 1.82) is 0 Å². The SMILES string of the molecule is COc1ccc(/C=C/C(=O)Nc2ccc(O)cc2C(N)=O)cc1OC. The smallest absolute Gasteiger partial charge is 0.250 e. The van der Waals surface area contributed by atoms with Crippen molar-refractivity contribution in [1.82, 2.24) is 0 Å². The molecular formula is C18H18N2O5. The van der Waals surface area contributed by atoms with Gasteiger partial charge in [-0.15, -0.1) is 0 Å². The number of anilines is 1. The lowest BCUT2D eigenvalue weighted by atomic mass is 10.1. The summed E-state index contributed by atoms with van der Waals surface area (Å²) in [5.74, 6) is -0.204. The van der Waals surface area contributed by atoms with Gasteiger partial charge in [0.15, 0.2) is 11.5 Å². The average molecular weight is 342 g/mol. The number of carbonyl (C=O) groups is 2. The van der Waals surface area contributed by atoms with E-state index in [1.165, 1.54) is 38.5 Å². The predicted molar refractivity (Wildman–Crippen MR) is 93.8 cm³/mol. The largest absolute Gasteiger partial charge is 0.508 e.